The van der Waals surface area contributed by atoms with E-state index in [0.717, 1.165) is 18.2 Å². The number of ether oxygens (including phenoxy) is 1. The van der Waals surface area contributed by atoms with Crippen LogP contribution in [0.1, 0.15) is 30.0 Å². The van der Waals surface area contributed by atoms with E-state index in [1.807, 2.05) is 0 Å². The minimum absolute atomic E-state index is 0.0103. The van der Waals surface area contributed by atoms with E-state index in [-0.39, 0.29) is 29.8 Å². The van der Waals surface area contributed by atoms with Crippen LogP contribution in [-0.2, 0) is 22.2 Å². The summed E-state index contributed by atoms with van der Waals surface area (Å²) >= 11 is 0. The SMILES string of the molecule is COc1ccc2c(C)c(CCC(=O)Nc3cc(C(F)(F)F)ccc3NC(C)=O)c(=O)oc2c1. The summed E-state index contributed by atoms with van der Waals surface area (Å²) in [6.07, 6.45) is -4.81. The fourth-order valence-electron chi connectivity index (χ4n) is 3.36. The van der Waals surface area contributed by atoms with Crippen molar-refractivity contribution in [1.29, 1.82) is 0 Å². The number of carbonyl (C=O) groups is 2. The number of hydrogen-bond donors (Lipinski definition) is 2. The smallest absolute Gasteiger partial charge is 0.416 e. The van der Waals surface area contributed by atoms with Crippen molar-refractivity contribution < 1.29 is 31.9 Å². The number of amides is 2. The molecule has 7 nitrogen and oxygen atoms in total. The molecule has 174 valence electrons. The van der Waals surface area contributed by atoms with Crippen molar-refractivity contribution in [3.8, 4) is 5.75 Å². The first-order valence-electron chi connectivity index (χ1n) is 9.88. The number of fused-ring (bicyclic) bond motifs is 1. The Bertz CT molecular complexity index is 1280. The number of rotatable bonds is 6. The standard InChI is InChI=1S/C23H21F3N2O5/c1-12-16-6-5-15(32-3)11-20(16)33-22(31)17(12)7-9-21(30)28-19-10-14(23(24,25)26)4-8-18(19)27-13(2)29/h4-6,8,10-11H,7,9H2,1-3H3,(H,27,29)(H,28,30). The monoisotopic (exact) mass is 462 g/mol. The number of methoxy groups -OCH3 is 1. The lowest BCUT2D eigenvalue weighted by Crippen LogP contribution is -2.18. The molecule has 2 aromatic carbocycles. The van der Waals surface area contributed by atoms with Crippen LogP contribution in [0.15, 0.2) is 45.6 Å². The molecule has 2 amide bonds. The lowest BCUT2D eigenvalue weighted by atomic mass is 10.0. The number of carbonyl (C=O) groups excluding carboxylic acids is 2. The molecule has 1 heterocycles. The Kier molecular flexibility index (Phi) is 6.75. The predicted molar refractivity (Wildman–Crippen MR) is 116 cm³/mol. The molecular weight excluding hydrogens is 441 g/mol. The van der Waals surface area contributed by atoms with Gasteiger partial charge in [0.05, 0.1) is 24.0 Å². The van der Waals surface area contributed by atoms with Crippen molar-refractivity contribution in [3.05, 3.63) is 63.5 Å². The Hall–Kier alpha value is -3.82. The van der Waals surface area contributed by atoms with Gasteiger partial charge in [-0.2, -0.15) is 13.2 Å². The van der Waals surface area contributed by atoms with Crippen molar-refractivity contribution in [2.45, 2.75) is 32.9 Å². The lowest BCUT2D eigenvalue weighted by Gasteiger charge is -2.15. The van der Waals surface area contributed by atoms with Crippen LogP contribution in [0.3, 0.4) is 0 Å². The van der Waals surface area contributed by atoms with E-state index in [9.17, 15) is 27.6 Å². The number of halogens is 3. The third kappa shape index (κ3) is 5.51. The molecule has 3 aromatic rings. The highest BCUT2D eigenvalue weighted by molar-refractivity contribution is 5.99. The minimum Gasteiger partial charge on any atom is -0.497 e. The summed E-state index contributed by atoms with van der Waals surface area (Å²) in [5, 5.41) is 5.45. The Balaban J connectivity index is 1.82. The Morgan fingerprint density at radius 1 is 1.06 bits per heavy atom. The Morgan fingerprint density at radius 2 is 1.79 bits per heavy atom. The zero-order chi connectivity index (χ0) is 24.3. The van der Waals surface area contributed by atoms with E-state index < -0.39 is 29.2 Å². The molecule has 10 heteroatoms. The minimum atomic E-state index is -4.63. The van der Waals surface area contributed by atoms with Crippen molar-refractivity contribution in [3.63, 3.8) is 0 Å². The van der Waals surface area contributed by atoms with Gasteiger partial charge in [0.15, 0.2) is 0 Å². The summed E-state index contributed by atoms with van der Waals surface area (Å²) in [4.78, 5) is 36.3. The maximum absolute atomic E-state index is 13.1. The summed E-state index contributed by atoms with van der Waals surface area (Å²) < 4.78 is 49.7. The highest BCUT2D eigenvalue weighted by Gasteiger charge is 2.31. The first-order valence-corrected chi connectivity index (χ1v) is 9.88. The van der Waals surface area contributed by atoms with E-state index in [2.05, 4.69) is 10.6 Å². The van der Waals surface area contributed by atoms with Gasteiger partial charge in [0.2, 0.25) is 11.8 Å². The van der Waals surface area contributed by atoms with E-state index in [0.29, 0.717) is 22.3 Å². The Morgan fingerprint density at radius 3 is 2.42 bits per heavy atom. The van der Waals surface area contributed by atoms with E-state index in [1.54, 1.807) is 25.1 Å². The largest absolute Gasteiger partial charge is 0.497 e. The lowest BCUT2D eigenvalue weighted by molar-refractivity contribution is -0.137. The third-order valence-electron chi connectivity index (χ3n) is 5.03. The highest BCUT2D eigenvalue weighted by Crippen LogP contribution is 2.34. The zero-order valence-electron chi connectivity index (χ0n) is 18.1. The van der Waals surface area contributed by atoms with Gasteiger partial charge in [0, 0.05) is 30.4 Å². The van der Waals surface area contributed by atoms with Crippen LogP contribution < -0.4 is 21.0 Å². The number of aryl methyl sites for hydroxylation is 1. The van der Waals surface area contributed by atoms with Crippen LogP contribution in [0.5, 0.6) is 5.75 Å². The number of alkyl halides is 3. The molecule has 0 saturated heterocycles. The van der Waals surface area contributed by atoms with Crippen LogP contribution in [0, 0.1) is 6.92 Å². The predicted octanol–water partition coefficient (Wildman–Crippen LogP) is 4.66. The van der Waals surface area contributed by atoms with Crippen molar-refractivity contribution in [1.82, 2.24) is 0 Å². The molecule has 0 atom stereocenters. The average molecular weight is 462 g/mol. The molecule has 0 saturated carbocycles. The highest BCUT2D eigenvalue weighted by atomic mass is 19.4. The third-order valence-corrected chi connectivity index (χ3v) is 5.03. The molecule has 0 aliphatic carbocycles. The van der Waals surface area contributed by atoms with Gasteiger partial charge in [0.1, 0.15) is 11.3 Å². The molecule has 0 bridgehead atoms. The molecule has 1 aromatic heterocycles. The normalized spacial score (nSPS) is 11.3. The summed E-state index contributed by atoms with van der Waals surface area (Å²) in [6.45, 7) is 2.92. The number of hydrogen-bond acceptors (Lipinski definition) is 5. The summed E-state index contributed by atoms with van der Waals surface area (Å²) in [7, 11) is 1.49. The quantitative estimate of drug-likeness (QED) is 0.520. The van der Waals surface area contributed by atoms with Gasteiger partial charge in [-0.15, -0.1) is 0 Å². The molecular formula is C23H21F3N2O5. The molecule has 0 aliphatic rings. The first-order chi connectivity index (χ1) is 15.5. The summed E-state index contributed by atoms with van der Waals surface area (Å²) in [5.41, 5.74) is -0.497. The van der Waals surface area contributed by atoms with Gasteiger partial charge in [0.25, 0.3) is 0 Å². The van der Waals surface area contributed by atoms with E-state index >= 15 is 0 Å². The maximum Gasteiger partial charge on any atom is 0.416 e. The molecule has 33 heavy (non-hydrogen) atoms. The summed E-state index contributed by atoms with van der Waals surface area (Å²) in [5.74, 6) is -0.617. The molecule has 0 aliphatic heterocycles. The average Bonchev–Trinajstić information content (AvgIpc) is 2.73. The zero-order valence-corrected chi connectivity index (χ0v) is 18.1. The molecule has 2 N–H and O–H groups in total. The molecule has 3 rings (SSSR count). The van der Waals surface area contributed by atoms with Crippen LogP contribution in [-0.4, -0.2) is 18.9 Å². The van der Waals surface area contributed by atoms with Crippen molar-refractivity contribution >= 4 is 34.2 Å². The second kappa shape index (κ2) is 9.35. The topological polar surface area (TPSA) is 97.6 Å². The van der Waals surface area contributed by atoms with Crippen LogP contribution >= 0.6 is 0 Å². The van der Waals surface area contributed by atoms with Crippen molar-refractivity contribution in [2.75, 3.05) is 17.7 Å². The van der Waals surface area contributed by atoms with Crippen molar-refractivity contribution in [2.24, 2.45) is 0 Å². The van der Waals surface area contributed by atoms with Gasteiger partial charge < -0.3 is 19.8 Å². The van der Waals surface area contributed by atoms with Gasteiger partial charge in [-0.05, 0) is 49.2 Å². The molecule has 0 radical (unpaired) electrons. The van der Waals surface area contributed by atoms with Crippen LogP contribution in [0.4, 0.5) is 24.5 Å². The fourth-order valence-corrected chi connectivity index (χ4v) is 3.36. The van der Waals surface area contributed by atoms with Gasteiger partial charge >= 0.3 is 11.8 Å². The summed E-state index contributed by atoms with van der Waals surface area (Å²) in [6, 6.07) is 7.64. The molecule has 0 fully saturated rings. The van der Waals surface area contributed by atoms with Crippen LogP contribution in [0.2, 0.25) is 0 Å². The number of benzene rings is 2. The first kappa shape index (κ1) is 23.8. The molecule has 0 spiro atoms. The number of nitrogens with one attached hydrogen (secondary N) is 2. The van der Waals surface area contributed by atoms with Gasteiger partial charge in [-0.3, -0.25) is 9.59 Å². The van der Waals surface area contributed by atoms with Gasteiger partial charge in [-0.25, -0.2) is 4.79 Å². The van der Waals surface area contributed by atoms with Crippen LogP contribution in [0.25, 0.3) is 11.0 Å². The second-order valence-electron chi connectivity index (χ2n) is 7.34. The molecule has 0 unspecified atom stereocenters. The Labute approximate surface area is 186 Å². The number of anilines is 2. The maximum atomic E-state index is 13.1. The second-order valence-corrected chi connectivity index (χ2v) is 7.34. The van der Waals surface area contributed by atoms with Gasteiger partial charge in [-0.1, -0.05) is 0 Å². The van der Waals surface area contributed by atoms with E-state index in [4.69, 9.17) is 9.15 Å². The fraction of sp³-hybridized carbons (Fsp3) is 0.261. The van der Waals surface area contributed by atoms with E-state index in [1.165, 1.54) is 14.0 Å².